The maximum Gasteiger partial charge on any atom is 0.321 e. The van der Waals surface area contributed by atoms with E-state index in [-0.39, 0.29) is 23.0 Å². The number of aryl methyl sites for hydroxylation is 2. The Labute approximate surface area is 344 Å². The molecule has 57 heavy (non-hydrogen) atoms. The lowest BCUT2D eigenvalue weighted by Gasteiger charge is -2.30. The second kappa shape index (κ2) is 28.7. The normalized spacial score (nSPS) is 11.8. The summed E-state index contributed by atoms with van der Waals surface area (Å²) in [7, 11) is 0. The van der Waals surface area contributed by atoms with E-state index in [1.807, 2.05) is 27.7 Å². The summed E-state index contributed by atoms with van der Waals surface area (Å²) in [6, 6.07) is 2.12. The summed E-state index contributed by atoms with van der Waals surface area (Å²) < 4.78 is 0. The van der Waals surface area contributed by atoms with Crippen molar-refractivity contribution in [2.24, 2.45) is 0 Å². The van der Waals surface area contributed by atoms with Crippen molar-refractivity contribution in [3.8, 4) is 0 Å². The third-order valence-corrected chi connectivity index (χ3v) is 10.6. The first-order valence-corrected chi connectivity index (χ1v) is 22.7. The maximum atomic E-state index is 12.9. The lowest BCUT2D eigenvalue weighted by molar-refractivity contribution is 0.233. The largest absolute Gasteiger partial charge is 0.333 e. The van der Waals surface area contributed by atoms with Crippen LogP contribution < -0.4 is 32.4 Å². The van der Waals surface area contributed by atoms with Gasteiger partial charge in [0.1, 0.15) is 0 Å². The smallest absolute Gasteiger partial charge is 0.321 e. The molecular weight excluding hydrogens is 717 g/mol. The fourth-order valence-electron chi connectivity index (χ4n) is 7.32. The molecule has 0 radical (unpaired) electrons. The number of unbranched alkanes of at least 4 members (excludes halogenated alkanes) is 20. The van der Waals surface area contributed by atoms with Gasteiger partial charge in [-0.25, -0.2) is 19.6 Å². The molecule has 12 heteroatoms. The van der Waals surface area contributed by atoms with Crippen molar-refractivity contribution in [2.45, 2.75) is 226 Å². The Bertz CT molecular complexity index is 1410. The number of H-pyrrole nitrogens is 2. The fraction of sp³-hybridized carbons (Fsp3) is 0.778. The molecule has 2 aromatic heterocycles. The van der Waals surface area contributed by atoms with E-state index >= 15 is 0 Å². The number of nitrogens with zero attached hydrogens (tertiary/aromatic N) is 2. The maximum absolute atomic E-state index is 12.9. The number of urea groups is 2. The molecule has 0 saturated heterocycles. The molecule has 0 saturated carbocycles. The number of nitrogens with one attached hydrogen (secondary N) is 6. The van der Waals surface area contributed by atoms with Crippen molar-refractivity contribution in [3.63, 3.8) is 0 Å². The van der Waals surface area contributed by atoms with E-state index in [4.69, 9.17) is 0 Å². The Hall–Kier alpha value is -3.70. The van der Waals surface area contributed by atoms with Crippen LogP contribution in [0.2, 0.25) is 0 Å². The van der Waals surface area contributed by atoms with Crippen molar-refractivity contribution in [3.05, 3.63) is 44.2 Å². The Morgan fingerprint density at radius 1 is 0.491 bits per heavy atom. The number of aromatic amines is 2. The van der Waals surface area contributed by atoms with E-state index in [2.05, 4.69) is 55.1 Å². The minimum Gasteiger partial charge on any atom is -0.333 e. The summed E-state index contributed by atoms with van der Waals surface area (Å²) >= 11 is 0. The molecule has 2 aromatic rings. The van der Waals surface area contributed by atoms with Crippen LogP contribution >= 0.6 is 0 Å². The molecule has 0 aliphatic carbocycles. The highest BCUT2D eigenvalue weighted by Crippen LogP contribution is 2.20. The number of carbonyl (C=O) groups excluding carboxylic acids is 2. The first-order valence-electron chi connectivity index (χ1n) is 22.7. The van der Waals surface area contributed by atoms with Gasteiger partial charge in [0.2, 0.25) is 11.9 Å². The second-order valence-corrected chi connectivity index (χ2v) is 17.5. The SMILES string of the molecule is CCCCCCCCCCCCCc1cc(=O)[nH]c(NC(=O)NC(C)(C)CCCC(C)(C)NC(=O)Nc2nc(CCCCCCCCCCCCC)cc(=O)[nH]2)n1. The number of rotatable bonds is 32. The Morgan fingerprint density at radius 2 is 0.789 bits per heavy atom. The number of hydrogen-bond acceptors (Lipinski definition) is 6. The highest BCUT2D eigenvalue weighted by Gasteiger charge is 2.25. The van der Waals surface area contributed by atoms with E-state index in [9.17, 15) is 19.2 Å². The topological polar surface area (TPSA) is 174 Å². The van der Waals surface area contributed by atoms with Crippen LogP contribution in [0, 0.1) is 0 Å². The lowest BCUT2D eigenvalue weighted by Crippen LogP contribution is -2.48. The molecule has 0 atom stereocenters. The zero-order valence-corrected chi connectivity index (χ0v) is 36.8. The standard InChI is InChI=1S/C45H80N8O4/c1-7-9-11-13-15-17-19-21-23-25-27-30-36-34-38(54)48-40(46-36)50-42(56)52-44(3,4)32-29-33-45(5,6)53-43(57)51-41-47-37(35-39(55)49-41)31-28-26-24-22-20-18-16-14-12-10-8-2/h34-35H,7-33H2,1-6H3,(H3,46,48,50,52,54,56)(H3,47,49,51,53,55,57). The average Bonchev–Trinajstić information content (AvgIpc) is 3.11. The summed E-state index contributed by atoms with van der Waals surface area (Å²) in [6.45, 7) is 12.2. The van der Waals surface area contributed by atoms with Crippen LogP contribution in [0.5, 0.6) is 0 Å². The molecule has 0 aliphatic rings. The minimum atomic E-state index is -0.562. The molecule has 0 aliphatic heterocycles. The van der Waals surface area contributed by atoms with Crippen LogP contribution in [-0.4, -0.2) is 43.1 Å². The van der Waals surface area contributed by atoms with Gasteiger partial charge in [0.05, 0.1) is 0 Å². The number of amides is 4. The van der Waals surface area contributed by atoms with Crippen molar-refractivity contribution in [1.82, 2.24) is 30.6 Å². The van der Waals surface area contributed by atoms with Gasteiger partial charge in [-0.2, -0.15) is 0 Å². The summed E-state index contributed by atoms with van der Waals surface area (Å²) in [5.41, 5.74) is -0.340. The summed E-state index contributed by atoms with van der Waals surface area (Å²) in [4.78, 5) is 64.7. The molecule has 0 spiro atoms. The highest BCUT2D eigenvalue weighted by atomic mass is 16.2. The van der Waals surface area contributed by atoms with Gasteiger partial charge >= 0.3 is 12.1 Å². The van der Waals surface area contributed by atoms with Crippen LogP contribution in [-0.2, 0) is 12.8 Å². The van der Waals surface area contributed by atoms with E-state index in [1.165, 1.54) is 128 Å². The van der Waals surface area contributed by atoms with Crippen molar-refractivity contribution in [1.29, 1.82) is 0 Å². The first kappa shape index (κ1) is 49.4. The van der Waals surface area contributed by atoms with Crippen molar-refractivity contribution in [2.75, 3.05) is 10.6 Å². The van der Waals surface area contributed by atoms with Crippen LogP contribution in [0.15, 0.2) is 21.7 Å². The number of hydrogen-bond donors (Lipinski definition) is 6. The molecule has 0 fully saturated rings. The van der Waals surface area contributed by atoms with Gasteiger partial charge in [-0.05, 0) is 72.6 Å². The van der Waals surface area contributed by atoms with Crippen LogP contribution in [0.3, 0.4) is 0 Å². The molecule has 2 heterocycles. The Balaban J connectivity index is 1.68. The third-order valence-electron chi connectivity index (χ3n) is 10.6. The van der Waals surface area contributed by atoms with Crippen LogP contribution in [0.1, 0.15) is 213 Å². The fourth-order valence-corrected chi connectivity index (χ4v) is 7.32. The predicted octanol–water partition coefficient (Wildman–Crippen LogP) is 11.2. The number of aromatic nitrogens is 4. The Kier molecular flexibility index (Phi) is 24.9. The van der Waals surface area contributed by atoms with Crippen LogP contribution in [0.25, 0.3) is 0 Å². The third kappa shape index (κ3) is 25.3. The molecule has 12 nitrogen and oxygen atoms in total. The van der Waals surface area contributed by atoms with E-state index in [1.54, 1.807) is 0 Å². The molecule has 324 valence electrons. The molecule has 4 amide bonds. The van der Waals surface area contributed by atoms with Crippen molar-refractivity contribution >= 4 is 24.0 Å². The predicted molar refractivity (Wildman–Crippen MR) is 236 cm³/mol. The van der Waals surface area contributed by atoms with Gasteiger partial charge in [-0.15, -0.1) is 0 Å². The quantitative estimate of drug-likeness (QED) is 0.0402. The van der Waals surface area contributed by atoms with Crippen LogP contribution in [0.4, 0.5) is 21.5 Å². The van der Waals surface area contributed by atoms with E-state index in [0.717, 1.165) is 25.7 Å². The Morgan fingerprint density at radius 3 is 1.11 bits per heavy atom. The van der Waals surface area contributed by atoms with Gasteiger partial charge < -0.3 is 10.6 Å². The van der Waals surface area contributed by atoms with E-state index < -0.39 is 23.1 Å². The summed E-state index contributed by atoms with van der Waals surface area (Å²) in [5, 5.41) is 11.4. The molecule has 0 unspecified atom stereocenters. The molecule has 0 aromatic carbocycles. The van der Waals surface area contributed by atoms with Gasteiger partial charge in [0.25, 0.3) is 11.1 Å². The monoisotopic (exact) mass is 797 g/mol. The zero-order chi connectivity index (χ0) is 41.8. The lowest BCUT2D eigenvalue weighted by atomic mass is 9.91. The van der Waals surface area contributed by atoms with Gasteiger partial charge in [0.15, 0.2) is 0 Å². The molecule has 6 N–H and O–H groups in total. The molecule has 0 bridgehead atoms. The average molecular weight is 797 g/mol. The van der Waals surface area contributed by atoms with E-state index in [0.29, 0.717) is 43.5 Å². The summed E-state index contributed by atoms with van der Waals surface area (Å²) in [5.74, 6) is 0.279. The van der Waals surface area contributed by atoms with Gasteiger partial charge in [-0.3, -0.25) is 30.2 Å². The molecular formula is C45H80N8O4. The number of anilines is 2. The van der Waals surface area contributed by atoms with Gasteiger partial charge in [0, 0.05) is 34.6 Å². The van der Waals surface area contributed by atoms with Gasteiger partial charge in [-0.1, -0.05) is 142 Å². The second-order valence-electron chi connectivity index (χ2n) is 17.5. The highest BCUT2D eigenvalue weighted by molar-refractivity contribution is 5.88. The number of carbonyl (C=O) groups is 2. The zero-order valence-electron chi connectivity index (χ0n) is 36.8. The van der Waals surface area contributed by atoms with Crippen molar-refractivity contribution < 1.29 is 9.59 Å². The first-order chi connectivity index (χ1) is 27.3. The minimum absolute atomic E-state index is 0.140. The summed E-state index contributed by atoms with van der Waals surface area (Å²) in [6.07, 6.45) is 31.0. The molecule has 2 rings (SSSR count).